The van der Waals surface area contributed by atoms with Crippen molar-refractivity contribution >= 4 is 35.1 Å². The third-order valence-electron chi connectivity index (χ3n) is 3.58. The highest BCUT2D eigenvalue weighted by Gasteiger charge is 2.24. The summed E-state index contributed by atoms with van der Waals surface area (Å²) in [6, 6.07) is 6.10. The zero-order valence-electron chi connectivity index (χ0n) is 15.6. The number of hydrogen-bond donors (Lipinski definition) is 3. The number of carbonyl (C=O) groups is 3. The molecule has 0 heterocycles. The number of amides is 2. The number of halogens is 1. The molecule has 3 N–H and O–H groups in total. The van der Waals surface area contributed by atoms with E-state index < -0.39 is 12.0 Å². The third kappa shape index (κ3) is 8.31. The number of likely N-dealkylation sites (N-methyl/N-ethyl adjacent to an activating group) is 1. The van der Waals surface area contributed by atoms with Gasteiger partial charge in [-0.15, -0.1) is 0 Å². The number of methoxy groups -OCH3 is 1. The Balaban J connectivity index is 2.48. The van der Waals surface area contributed by atoms with E-state index in [0.29, 0.717) is 22.0 Å². The van der Waals surface area contributed by atoms with Crippen molar-refractivity contribution in [2.75, 3.05) is 32.6 Å². The summed E-state index contributed by atoms with van der Waals surface area (Å²) in [5.41, 5.74) is 0.638. The van der Waals surface area contributed by atoms with Gasteiger partial charge in [0.25, 0.3) is 11.8 Å². The molecule has 1 aromatic carbocycles. The second-order valence-corrected chi connectivity index (χ2v) is 7.07. The van der Waals surface area contributed by atoms with Gasteiger partial charge in [0, 0.05) is 10.7 Å². The zero-order valence-corrected chi connectivity index (χ0v) is 16.4. The highest BCUT2D eigenvalue weighted by Crippen LogP contribution is 2.12. The normalized spacial score (nSPS) is 13.0. The highest BCUT2D eigenvalue weighted by molar-refractivity contribution is 6.30. The minimum Gasteiger partial charge on any atom is -0.467 e. The summed E-state index contributed by atoms with van der Waals surface area (Å²) >= 11 is 5.80. The van der Waals surface area contributed by atoms with E-state index >= 15 is 0 Å². The first-order valence-electron chi connectivity index (χ1n) is 8.45. The van der Waals surface area contributed by atoms with E-state index in [0.717, 1.165) is 0 Å². The third-order valence-corrected chi connectivity index (χ3v) is 3.83. The van der Waals surface area contributed by atoms with Crippen molar-refractivity contribution in [3.8, 4) is 0 Å². The maximum absolute atomic E-state index is 12.2. The van der Waals surface area contributed by atoms with Crippen molar-refractivity contribution in [3.05, 3.63) is 29.3 Å². The number of anilines is 1. The van der Waals surface area contributed by atoms with E-state index in [1.165, 1.54) is 7.11 Å². The smallest absolute Gasteiger partial charge is 0.328 e. The molecule has 0 saturated heterocycles. The molecule has 0 bridgehead atoms. The van der Waals surface area contributed by atoms with Crippen LogP contribution in [-0.2, 0) is 19.1 Å². The molecule has 0 aliphatic heterocycles. The molecule has 0 aromatic heterocycles. The minimum absolute atomic E-state index is 0.0691. The van der Waals surface area contributed by atoms with Crippen LogP contribution < -0.4 is 15.5 Å². The van der Waals surface area contributed by atoms with Gasteiger partial charge in [0.05, 0.1) is 14.2 Å². The summed E-state index contributed by atoms with van der Waals surface area (Å²) < 4.78 is 4.72. The van der Waals surface area contributed by atoms with Crippen LogP contribution in [-0.4, -0.2) is 51.1 Å². The van der Waals surface area contributed by atoms with Crippen LogP contribution in [0.25, 0.3) is 0 Å². The van der Waals surface area contributed by atoms with Crippen LogP contribution in [0.3, 0.4) is 0 Å². The molecule has 2 atom stereocenters. The molecule has 0 radical (unpaired) electrons. The van der Waals surface area contributed by atoms with Gasteiger partial charge in [0.2, 0.25) is 0 Å². The predicted octanol–water partition coefficient (Wildman–Crippen LogP) is 0.497. The lowest BCUT2D eigenvalue weighted by Crippen LogP contribution is -3.11. The monoisotopic (exact) mass is 384 g/mol. The molecule has 1 unspecified atom stereocenters. The lowest BCUT2D eigenvalue weighted by molar-refractivity contribution is -0.862. The number of esters is 1. The summed E-state index contributed by atoms with van der Waals surface area (Å²) in [4.78, 5) is 36.7. The van der Waals surface area contributed by atoms with Gasteiger partial charge >= 0.3 is 5.97 Å². The molecule has 1 aromatic rings. The summed E-state index contributed by atoms with van der Waals surface area (Å²) in [5.74, 6) is -0.762. The predicted molar refractivity (Wildman–Crippen MR) is 100 cm³/mol. The lowest BCUT2D eigenvalue weighted by Gasteiger charge is -2.19. The van der Waals surface area contributed by atoms with Gasteiger partial charge < -0.3 is 20.3 Å². The fraction of sp³-hybridized carbons (Fsp3) is 0.500. The molecule has 0 saturated carbocycles. The van der Waals surface area contributed by atoms with E-state index in [2.05, 4.69) is 10.6 Å². The van der Waals surface area contributed by atoms with Crippen molar-refractivity contribution in [2.45, 2.75) is 26.3 Å². The van der Waals surface area contributed by atoms with E-state index in [1.807, 2.05) is 13.8 Å². The molecule has 0 aliphatic rings. The molecule has 7 nitrogen and oxygen atoms in total. The minimum atomic E-state index is -0.678. The maximum atomic E-state index is 12.2. The van der Waals surface area contributed by atoms with Gasteiger partial charge in [-0.25, -0.2) is 4.79 Å². The Morgan fingerprint density at radius 2 is 1.69 bits per heavy atom. The number of carbonyl (C=O) groups excluding carboxylic acids is 3. The fourth-order valence-electron chi connectivity index (χ4n) is 2.42. The molecular formula is C18H27ClN3O4+. The Morgan fingerprint density at radius 3 is 2.23 bits per heavy atom. The first kappa shape index (κ1) is 21.9. The first-order valence-corrected chi connectivity index (χ1v) is 8.83. The van der Waals surface area contributed by atoms with Crippen LogP contribution in [0.15, 0.2) is 24.3 Å². The largest absolute Gasteiger partial charge is 0.467 e. The SMILES string of the molecule is COC(=O)[C@@H](CC(C)C)NC(=O)C[NH+](C)CC(=O)Nc1ccc(Cl)cc1. The summed E-state index contributed by atoms with van der Waals surface area (Å²) in [7, 11) is 3.02. The highest BCUT2D eigenvalue weighted by atomic mass is 35.5. The van der Waals surface area contributed by atoms with Crippen LogP contribution in [0.4, 0.5) is 5.69 Å². The van der Waals surface area contributed by atoms with Crippen LogP contribution >= 0.6 is 11.6 Å². The van der Waals surface area contributed by atoms with Crippen LogP contribution in [0.5, 0.6) is 0 Å². The Labute approximate surface area is 159 Å². The molecule has 2 amide bonds. The van der Waals surface area contributed by atoms with Gasteiger partial charge in [-0.05, 0) is 36.6 Å². The standard InChI is InChI=1S/C18H26ClN3O4/c1-12(2)9-15(18(25)26-4)21-17(24)11-22(3)10-16(23)20-14-7-5-13(19)6-8-14/h5-8,12,15H,9-11H2,1-4H3,(H,20,23)(H,21,24)/p+1/t15-/m1/s1. The molecule has 144 valence electrons. The zero-order chi connectivity index (χ0) is 19.7. The number of nitrogens with one attached hydrogen (secondary N) is 3. The van der Waals surface area contributed by atoms with Crippen molar-refractivity contribution in [3.63, 3.8) is 0 Å². The second kappa shape index (κ2) is 10.8. The number of quaternary nitrogens is 1. The van der Waals surface area contributed by atoms with E-state index in [1.54, 1.807) is 31.3 Å². The van der Waals surface area contributed by atoms with Crippen LogP contribution in [0.2, 0.25) is 5.02 Å². The van der Waals surface area contributed by atoms with Gasteiger partial charge in [-0.2, -0.15) is 0 Å². The van der Waals surface area contributed by atoms with Gasteiger partial charge in [0.1, 0.15) is 6.04 Å². The van der Waals surface area contributed by atoms with Gasteiger partial charge in [0.15, 0.2) is 13.1 Å². The van der Waals surface area contributed by atoms with E-state index in [4.69, 9.17) is 16.3 Å². The Morgan fingerprint density at radius 1 is 1.12 bits per heavy atom. The fourth-order valence-corrected chi connectivity index (χ4v) is 2.55. The number of rotatable bonds is 9. The molecule has 0 fully saturated rings. The lowest BCUT2D eigenvalue weighted by atomic mass is 10.0. The van der Waals surface area contributed by atoms with Gasteiger partial charge in [-0.3, -0.25) is 9.59 Å². The van der Waals surface area contributed by atoms with E-state index in [9.17, 15) is 14.4 Å². The second-order valence-electron chi connectivity index (χ2n) is 6.64. The van der Waals surface area contributed by atoms with Crippen molar-refractivity contribution in [2.24, 2.45) is 5.92 Å². The number of benzene rings is 1. The van der Waals surface area contributed by atoms with Crippen LogP contribution in [0.1, 0.15) is 20.3 Å². The molecule has 0 spiro atoms. The first-order chi connectivity index (χ1) is 12.2. The van der Waals surface area contributed by atoms with E-state index in [-0.39, 0.29) is 30.8 Å². The van der Waals surface area contributed by atoms with Crippen LogP contribution in [0, 0.1) is 5.92 Å². The molecule has 26 heavy (non-hydrogen) atoms. The Bertz CT molecular complexity index is 619. The van der Waals surface area contributed by atoms with Crippen molar-refractivity contribution in [1.82, 2.24) is 5.32 Å². The molecule has 1 rings (SSSR count). The summed E-state index contributed by atoms with van der Waals surface area (Å²) in [5, 5.41) is 6.01. The van der Waals surface area contributed by atoms with Gasteiger partial charge in [-0.1, -0.05) is 25.4 Å². The summed E-state index contributed by atoms with van der Waals surface area (Å²) in [6.45, 7) is 4.10. The Hall–Kier alpha value is -2.12. The summed E-state index contributed by atoms with van der Waals surface area (Å²) in [6.07, 6.45) is 0.495. The molecule has 0 aliphatic carbocycles. The molecule has 8 heteroatoms. The maximum Gasteiger partial charge on any atom is 0.328 e. The Kier molecular flexibility index (Phi) is 9.09. The molecular weight excluding hydrogens is 358 g/mol. The number of ether oxygens (including phenoxy) is 1. The van der Waals surface area contributed by atoms with Crippen molar-refractivity contribution < 1.29 is 24.0 Å². The topological polar surface area (TPSA) is 88.9 Å². The number of hydrogen-bond acceptors (Lipinski definition) is 4. The van der Waals surface area contributed by atoms with Crippen molar-refractivity contribution in [1.29, 1.82) is 0 Å². The average Bonchev–Trinajstić information content (AvgIpc) is 2.54. The quantitative estimate of drug-likeness (QED) is 0.541. The average molecular weight is 385 g/mol.